The summed E-state index contributed by atoms with van der Waals surface area (Å²) in [6.07, 6.45) is 3.44. The van der Waals surface area contributed by atoms with Gasteiger partial charge in [0.2, 0.25) is 11.8 Å². The van der Waals surface area contributed by atoms with E-state index in [4.69, 9.17) is 0 Å². The van der Waals surface area contributed by atoms with Crippen LogP contribution in [0.1, 0.15) is 53.4 Å². The molecule has 1 aliphatic heterocycles. The molecule has 0 saturated carbocycles. The van der Waals surface area contributed by atoms with E-state index >= 15 is 0 Å². The first-order valence-corrected chi connectivity index (χ1v) is 7.00. The van der Waals surface area contributed by atoms with Crippen LogP contribution in [-0.2, 0) is 14.4 Å². The maximum absolute atomic E-state index is 12.6. The summed E-state index contributed by atoms with van der Waals surface area (Å²) >= 11 is 0. The van der Waals surface area contributed by atoms with Gasteiger partial charge in [-0.1, -0.05) is 26.7 Å². The molecular weight excluding hydrogens is 244 g/mol. The molecule has 3 amide bonds. The Kier molecular flexibility index (Phi) is 5.09. The van der Waals surface area contributed by atoms with Crippen molar-refractivity contribution in [3.63, 3.8) is 0 Å². The van der Waals surface area contributed by atoms with Crippen molar-refractivity contribution < 1.29 is 14.4 Å². The summed E-state index contributed by atoms with van der Waals surface area (Å²) < 4.78 is 0. The molecule has 0 atom stereocenters. The van der Waals surface area contributed by atoms with Crippen molar-refractivity contribution in [2.75, 3.05) is 6.54 Å². The molecule has 1 fully saturated rings. The monoisotopic (exact) mass is 268 g/mol. The van der Waals surface area contributed by atoms with Gasteiger partial charge in [-0.2, -0.15) is 0 Å². The van der Waals surface area contributed by atoms with Crippen molar-refractivity contribution in [1.29, 1.82) is 0 Å². The molecule has 1 heterocycles. The van der Waals surface area contributed by atoms with Gasteiger partial charge >= 0.3 is 0 Å². The van der Waals surface area contributed by atoms with E-state index in [9.17, 15) is 14.4 Å². The molecule has 0 aromatic carbocycles. The summed E-state index contributed by atoms with van der Waals surface area (Å²) in [5.74, 6) is -0.960. The topological polar surface area (TPSA) is 66.5 Å². The van der Waals surface area contributed by atoms with Crippen molar-refractivity contribution in [2.45, 2.75) is 58.9 Å². The van der Waals surface area contributed by atoms with E-state index in [2.05, 4.69) is 5.32 Å². The highest BCUT2D eigenvalue weighted by molar-refractivity contribution is 6.06. The van der Waals surface area contributed by atoms with Gasteiger partial charge in [0.15, 0.2) is 0 Å². The number of carbonyl (C=O) groups is 3. The Hall–Kier alpha value is -1.39. The van der Waals surface area contributed by atoms with Crippen LogP contribution in [0.4, 0.5) is 0 Å². The molecule has 0 aromatic heterocycles. The van der Waals surface area contributed by atoms with Crippen LogP contribution in [0.5, 0.6) is 0 Å². The molecule has 0 bridgehead atoms. The molecule has 0 unspecified atom stereocenters. The maximum atomic E-state index is 12.6. The van der Waals surface area contributed by atoms with Crippen LogP contribution in [-0.4, -0.2) is 34.7 Å². The first-order chi connectivity index (χ1) is 8.84. The summed E-state index contributed by atoms with van der Waals surface area (Å²) in [5, 5.41) is 2.29. The Morgan fingerprint density at radius 2 is 1.79 bits per heavy atom. The number of rotatable bonds is 5. The van der Waals surface area contributed by atoms with Crippen molar-refractivity contribution in [3.05, 3.63) is 0 Å². The van der Waals surface area contributed by atoms with Crippen LogP contribution >= 0.6 is 0 Å². The van der Waals surface area contributed by atoms with Gasteiger partial charge in [-0.25, -0.2) is 0 Å². The number of nitrogens with zero attached hydrogens (tertiary/aromatic N) is 1. The van der Waals surface area contributed by atoms with Crippen LogP contribution in [0.2, 0.25) is 0 Å². The van der Waals surface area contributed by atoms with Gasteiger partial charge in [-0.3, -0.25) is 19.7 Å². The zero-order valence-electron chi connectivity index (χ0n) is 12.3. The summed E-state index contributed by atoms with van der Waals surface area (Å²) in [7, 11) is 0. The van der Waals surface area contributed by atoms with E-state index in [0.29, 0.717) is 0 Å². The lowest BCUT2D eigenvalue weighted by atomic mass is 9.91. The molecule has 0 radical (unpaired) electrons. The van der Waals surface area contributed by atoms with Crippen LogP contribution in [0.25, 0.3) is 0 Å². The average Bonchev–Trinajstić information content (AvgIpc) is 2.33. The Morgan fingerprint density at radius 3 is 2.26 bits per heavy atom. The number of piperazine rings is 1. The summed E-state index contributed by atoms with van der Waals surface area (Å²) in [4.78, 5) is 37.4. The predicted octanol–water partition coefficient (Wildman–Crippen LogP) is 1.47. The standard InChI is InChI=1S/C14H24N2O3/c1-5-7-10(8-6-2)12(18)16-9-11(17)15-13(19)14(16,3)4/h10H,5-9H2,1-4H3,(H,15,17,19). The van der Waals surface area contributed by atoms with Gasteiger partial charge in [-0.15, -0.1) is 0 Å². The molecular formula is C14H24N2O3. The lowest BCUT2D eigenvalue weighted by Gasteiger charge is -2.41. The number of carbonyl (C=O) groups excluding carboxylic acids is 3. The number of amides is 3. The van der Waals surface area contributed by atoms with Crippen molar-refractivity contribution in [2.24, 2.45) is 5.92 Å². The van der Waals surface area contributed by atoms with Crippen molar-refractivity contribution in [1.82, 2.24) is 10.2 Å². The smallest absolute Gasteiger partial charge is 0.252 e. The Morgan fingerprint density at radius 1 is 1.26 bits per heavy atom. The summed E-state index contributed by atoms with van der Waals surface area (Å²) in [6.45, 7) is 7.41. The first kappa shape index (κ1) is 15.7. The SMILES string of the molecule is CCCC(CCC)C(=O)N1CC(=O)NC(=O)C1(C)C. The Balaban J connectivity index is 2.93. The largest absolute Gasteiger partial charge is 0.319 e. The lowest BCUT2D eigenvalue weighted by molar-refractivity contribution is -0.158. The van der Waals surface area contributed by atoms with Crippen molar-refractivity contribution in [3.8, 4) is 0 Å². The van der Waals surface area contributed by atoms with E-state index in [1.165, 1.54) is 4.90 Å². The fraction of sp³-hybridized carbons (Fsp3) is 0.786. The van der Waals surface area contributed by atoms with Crippen molar-refractivity contribution >= 4 is 17.7 Å². The molecule has 5 nitrogen and oxygen atoms in total. The molecule has 108 valence electrons. The first-order valence-electron chi connectivity index (χ1n) is 7.00. The van der Waals surface area contributed by atoms with Gasteiger partial charge in [0.05, 0.1) is 0 Å². The molecule has 19 heavy (non-hydrogen) atoms. The van der Waals surface area contributed by atoms with Crippen LogP contribution in [0, 0.1) is 5.92 Å². The number of hydrogen-bond donors (Lipinski definition) is 1. The molecule has 0 aliphatic carbocycles. The second kappa shape index (κ2) is 6.17. The minimum absolute atomic E-state index is 0.0263. The molecule has 1 rings (SSSR count). The fourth-order valence-corrected chi connectivity index (χ4v) is 2.44. The predicted molar refractivity (Wildman–Crippen MR) is 72.2 cm³/mol. The van der Waals surface area contributed by atoms with E-state index in [-0.39, 0.29) is 18.4 Å². The Labute approximate surface area is 114 Å². The Bertz CT molecular complexity index is 371. The number of hydrogen-bond acceptors (Lipinski definition) is 3. The highest BCUT2D eigenvalue weighted by atomic mass is 16.2. The van der Waals surface area contributed by atoms with Gasteiger partial charge in [0.1, 0.15) is 12.1 Å². The highest BCUT2D eigenvalue weighted by Crippen LogP contribution is 2.24. The second-order valence-corrected chi connectivity index (χ2v) is 5.63. The highest BCUT2D eigenvalue weighted by Gasteiger charge is 2.44. The van der Waals surface area contributed by atoms with Gasteiger partial charge < -0.3 is 4.90 Å². The quantitative estimate of drug-likeness (QED) is 0.768. The lowest BCUT2D eigenvalue weighted by Crippen LogP contribution is -2.66. The minimum Gasteiger partial charge on any atom is -0.319 e. The third kappa shape index (κ3) is 3.33. The fourth-order valence-electron chi connectivity index (χ4n) is 2.44. The third-order valence-corrected chi connectivity index (χ3v) is 3.67. The number of imide groups is 1. The summed E-state index contributed by atoms with van der Waals surface area (Å²) in [6, 6.07) is 0. The normalized spacial score (nSPS) is 18.7. The maximum Gasteiger partial charge on any atom is 0.252 e. The van der Waals surface area contributed by atoms with E-state index in [1.807, 2.05) is 13.8 Å². The van der Waals surface area contributed by atoms with Gasteiger partial charge in [-0.05, 0) is 26.7 Å². The molecule has 0 aromatic rings. The summed E-state index contributed by atoms with van der Waals surface area (Å²) in [5.41, 5.74) is -0.954. The number of nitrogens with one attached hydrogen (secondary N) is 1. The van der Waals surface area contributed by atoms with Crippen LogP contribution in [0.3, 0.4) is 0 Å². The molecule has 1 aliphatic rings. The van der Waals surface area contributed by atoms with Gasteiger partial charge in [0, 0.05) is 5.92 Å². The van der Waals surface area contributed by atoms with Gasteiger partial charge in [0.25, 0.3) is 5.91 Å². The third-order valence-electron chi connectivity index (χ3n) is 3.67. The van der Waals surface area contributed by atoms with Crippen LogP contribution < -0.4 is 5.32 Å². The second-order valence-electron chi connectivity index (χ2n) is 5.63. The molecule has 1 saturated heterocycles. The van der Waals surface area contributed by atoms with E-state index in [1.54, 1.807) is 13.8 Å². The average molecular weight is 268 g/mol. The van der Waals surface area contributed by atoms with E-state index in [0.717, 1.165) is 25.7 Å². The zero-order chi connectivity index (χ0) is 14.6. The van der Waals surface area contributed by atoms with E-state index < -0.39 is 17.4 Å². The zero-order valence-corrected chi connectivity index (χ0v) is 12.3. The van der Waals surface area contributed by atoms with Crippen LogP contribution in [0.15, 0.2) is 0 Å². The molecule has 5 heteroatoms. The minimum atomic E-state index is -0.954. The molecule has 0 spiro atoms. The molecule has 1 N–H and O–H groups in total.